The molecule has 4 rings (SSSR count). The molecule has 0 bridgehead atoms. The Morgan fingerprint density at radius 3 is 2.60 bits per heavy atom. The van der Waals surface area contributed by atoms with Crippen LogP contribution in [0.2, 0.25) is 10.0 Å². The molecule has 1 aliphatic carbocycles. The lowest BCUT2D eigenvalue weighted by molar-refractivity contribution is -0.118. The van der Waals surface area contributed by atoms with E-state index in [0.29, 0.717) is 16.5 Å². The Balaban J connectivity index is 1.53. The number of hydrogen-bond donors (Lipinski definition) is 1. The molecule has 1 saturated heterocycles. The monoisotopic (exact) mass is 440 g/mol. The molecule has 1 amide bonds. The van der Waals surface area contributed by atoms with Crippen LogP contribution in [0.5, 0.6) is 0 Å². The van der Waals surface area contributed by atoms with E-state index in [0.717, 1.165) is 30.6 Å². The second kappa shape index (κ2) is 8.97. The van der Waals surface area contributed by atoms with Crippen LogP contribution in [-0.4, -0.2) is 18.5 Å². The van der Waals surface area contributed by atoms with Gasteiger partial charge in [0.05, 0.1) is 12.1 Å². The van der Waals surface area contributed by atoms with Gasteiger partial charge >= 0.3 is 0 Å². The summed E-state index contributed by atoms with van der Waals surface area (Å²) in [4.78, 5) is 15.3. The molecule has 3 nitrogen and oxygen atoms in total. The van der Waals surface area contributed by atoms with Crippen molar-refractivity contribution < 1.29 is 4.79 Å². The van der Waals surface area contributed by atoms with Crippen LogP contribution in [0.3, 0.4) is 0 Å². The zero-order chi connectivity index (χ0) is 21.1. The number of hydrogen-bond acceptors (Lipinski definition) is 2. The molecular formula is C25H26Cl2N2O. The number of amides is 1. The minimum absolute atomic E-state index is 0.0667. The molecule has 0 spiro atoms. The molecule has 0 radical (unpaired) electrons. The molecule has 0 aromatic heterocycles. The Labute approximate surface area is 188 Å². The van der Waals surface area contributed by atoms with E-state index < -0.39 is 0 Å². The molecule has 1 N–H and O–H groups in total. The summed E-state index contributed by atoms with van der Waals surface area (Å²) in [7, 11) is 0. The van der Waals surface area contributed by atoms with E-state index in [1.165, 1.54) is 0 Å². The summed E-state index contributed by atoms with van der Waals surface area (Å²) < 4.78 is 0. The number of benzene rings is 2. The lowest BCUT2D eigenvalue weighted by Crippen LogP contribution is -2.40. The van der Waals surface area contributed by atoms with Crippen LogP contribution in [0.1, 0.15) is 37.8 Å². The molecule has 156 valence electrons. The highest BCUT2D eigenvalue weighted by Gasteiger charge is 2.41. The zero-order valence-electron chi connectivity index (χ0n) is 17.0. The van der Waals surface area contributed by atoms with Crippen LogP contribution in [0, 0.1) is 5.41 Å². The summed E-state index contributed by atoms with van der Waals surface area (Å²) in [5, 5.41) is 4.85. The van der Waals surface area contributed by atoms with Crippen molar-refractivity contribution in [3.05, 3.63) is 88.4 Å². The van der Waals surface area contributed by atoms with Crippen molar-refractivity contribution in [3.63, 3.8) is 0 Å². The molecule has 30 heavy (non-hydrogen) atoms. The molecule has 2 aromatic rings. The molecule has 0 saturated carbocycles. The van der Waals surface area contributed by atoms with Gasteiger partial charge in [0.1, 0.15) is 0 Å². The lowest BCUT2D eigenvalue weighted by Gasteiger charge is -2.27. The summed E-state index contributed by atoms with van der Waals surface area (Å²) in [6.07, 6.45) is 11.4. The number of nitrogens with one attached hydrogen (secondary N) is 1. The van der Waals surface area contributed by atoms with Gasteiger partial charge in [-0.25, -0.2) is 0 Å². The number of rotatable bonds is 6. The van der Waals surface area contributed by atoms with E-state index in [1.807, 2.05) is 53.4 Å². The Hall–Kier alpha value is -2.07. The van der Waals surface area contributed by atoms with Crippen LogP contribution < -0.4 is 10.2 Å². The highest BCUT2D eigenvalue weighted by atomic mass is 35.5. The van der Waals surface area contributed by atoms with Crippen LogP contribution in [0.15, 0.2) is 72.8 Å². The first kappa shape index (κ1) is 21.2. The van der Waals surface area contributed by atoms with E-state index in [1.54, 1.807) is 0 Å². The maximum Gasteiger partial charge on any atom is 0.244 e. The maximum absolute atomic E-state index is 13.4. The average molecular weight is 441 g/mol. The Kier molecular flexibility index (Phi) is 6.33. The van der Waals surface area contributed by atoms with Gasteiger partial charge in [-0.3, -0.25) is 4.79 Å². The first-order valence-electron chi connectivity index (χ1n) is 10.4. The van der Waals surface area contributed by atoms with Crippen LogP contribution >= 0.6 is 23.2 Å². The van der Waals surface area contributed by atoms with E-state index in [9.17, 15) is 4.79 Å². The van der Waals surface area contributed by atoms with Crippen molar-refractivity contribution >= 4 is 34.8 Å². The van der Waals surface area contributed by atoms with Gasteiger partial charge in [0.2, 0.25) is 5.91 Å². The van der Waals surface area contributed by atoms with Gasteiger partial charge in [-0.2, -0.15) is 0 Å². The molecule has 1 heterocycles. The number of halogens is 2. The van der Waals surface area contributed by atoms with Crippen molar-refractivity contribution in [1.29, 1.82) is 0 Å². The summed E-state index contributed by atoms with van der Waals surface area (Å²) in [6, 6.07) is 14.9. The van der Waals surface area contributed by atoms with Crippen LogP contribution in [0.4, 0.5) is 5.69 Å². The molecule has 1 unspecified atom stereocenters. The normalized spacial score (nSPS) is 25.8. The third-order valence-electron chi connectivity index (χ3n) is 6.06. The standard InChI is InChI=1S/C25H26Cl2N2O/c1-25(12-3-2-4-13-25)14-15-28-22-17-23(18-6-5-7-20(27)16-18)29(24(22)30)21-10-8-19(26)9-11-21/h2-12,16,22-23,28H,13-15,17H2,1H3/t22-,23-,25?/m1/s1. The molecule has 1 fully saturated rings. The molecule has 2 aromatic carbocycles. The average Bonchev–Trinajstić information content (AvgIpc) is 3.05. The fourth-order valence-corrected chi connectivity index (χ4v) is 4.64. The second-order valence-corrected chi connectivity index (χ2v) is 9.27. The van der Waals surface area contributed by atoms with Gasteiger partial charge in [-0.05, 0) is 73.2 Å². The smallest absolute Gasteiger partial charge is 0.244 e. The predicted molar refractivity (Wildman–Crippen MR) is 125 cm³/mol. The third-order valence-corrected chi connectivity index (χ3v) is 6.55. The Bertz CT molecular complexity index is 969. The minimum atomic E-state index is -0.226. The SMILES string of the molecule is CC1(CCN[C@@H]2C[C@H](c3cccc(Cl)c3)N(c3ccc(Cl)cc3)C2=O)C=CC=CC1. The maximum atomic E-state index is 13.4. The summed E-state index contributed by atoms with van der Waals surface area (Å²) in [5.74, 6) is 0.0894. The Morgan fingerprint density at radius 1 is 1.10 bits per heavy atom. The van der Waals surface area contributed by atoms with Crippen LogP contribution in [-0.2, 0) is 4.79 Å². The molecule has 5 heteroatoms. The number of carbonyl (C=O) groups excluding carboxylic acids is 1. The van der Waals surface area contributed by atoms with Crippen molar-refractivity contribution in [2.75, 3.05) is 11.4 Å². The van der Waals surface area contributed by atoms with E-state index >= 15 is 0 Å². The number of carbonyl (C=O) groups is 1. The number of anilines is 1. The first-order valence-corrected chi connectivity index (χ1v) is 11.1. The van der Waals surface area contributed by atoms with Gasteiger partial charge in [-0.1, -0.05) is 66.6 Å². The topological polar surface area (TPSA) is 32.3 Å². The molecule has 1 aliphatic heterocycles. The zero-order valence-corrected chi connectivity index (χ0v) is 18.5. The predicted octanol–water partition coefficient (Wildman–Crippen LogP) is 6.34. The molecule has 2 aliphatic rings. The van der Waals surface area contributed by atoms with Gasteiger partial charge in [0, 0.05) is 15.7 Å². The van der Waals surface area contributed by atoms with E-state index in [4.69, 9.17) is 23.2 Å². The largest absolute Gasteiger partial charge is 0.306 e. The van der Waals surface area contributed by atoms with Gasteiger partial charge in [-0.15, -0.1) is 0 Å². The van der Waals surface area contributed by atoms with Crippen molar-refractivity contribution in [3.8, 4) is 0 Å². The number of nitrogens with zero attached hydrogens (tertiary/aromatic N) is 1. The van der Waals surface area contributed by atoms with Crippen LogP contribution in [0.25, 0.3) is 0 Å². The summed E-state index contributed by atoms with van der Waals surface area (Å²) in [6.45, 7) is 3.06. The molecule has 3 atom stereocenters. The summed E-state index contributed by atoms with van der Waals surface area (Å²) >= 11 is 12.3. The van der Waals surface area contributed by atoms with Crippen molar-refractivity contribution in [2.24, 2.45) is 5.41 Å². The van der Waals surface area contributed by atoms with Gasteiger partial charge in [0.25, 0.3) is 0 Å². The molecular weight excluding hydrogens is 415 g/mol. The van der Waals surface area contributed by atoms with Crippen molar-refractivity contribution in [1.82, 2.24) is 5.32 Å². The fraction of sp³-hybridized carbons (Fsp3) is 0.320. The summed E-state index contributed by atoms with van der Waals surface area (Å²) in [5.41, 5.74) is 2.04. The van der Waals surface area contributed by atoms with Gasteiger partial charge in [0.15, 0.2) is 0 Å². The van der Waals surface area contributed by atoms with E-state index in [2.05, 4.69) is 36.5 Å². The minimum Gasteiger partial charge on any atom is -0.306 e. The van der Waals surface area contributed by atoms with E-state index in [-0.39, 0.29) is 23.4 Å². The lowest BCUT2D eigenvalue weighted by atomic mass is 9.81. The van der Waals surface area contributed by atoms with Crippen molar-refractivity contribution in [2.45, 2.75) is 38.3 Å². The van der Waals surface area contributed by atoms with Gasteiger partial charge < -0.3 is 10.2 Å². The number of allylic oxidation sites excluding steroid dienone is 4. The first-order chi connectivity index (χ1) is 14.5. The highest BCUT2D eigenvalue weighted by Crippen LogP contribution is 2.38. The third kappa shape index (κ3) is 4.64. The Morgan fingerprint density at radius 2 is 1.90 bits per heavy atom. The fourth-order valence-electron chi connectivity index (χ4n) is 4.32. The second-order valence-electron chi connectivity index (χ2n) is 8.39. The quantitative estimate of drug-likeness (QED) is 0.567. The highest BCUT2D eigenvalue weighted by molar-refractivity contribution is 6.31.